The molecular formula is C13H8BrClN2OS. The second-order valence-corrected chi connectivity index (χ2v) is 5.95. The fraction of sp³-hybridized carbons (Fsp3) is 0.0769. The zero-order valence-electron chi connectivity index (χ0n) is 9.85. The molecule has 19 heavy (non-hydrogen) atoms. The van der Waals surface area contributed by atoms with E-state index in [-0.39, 0.29) is 0 Å². The zero-order chi connectivity index (χ0) is 13.4. The molecular weight excluding hydrogens is 348 g/mol. The van der Waals surface area contributed by atoms with Crippen LogP contribution >= 0.6 is 38.9 Å². The maximum atomic E-state index is 6.17. The van der Waals surface area contributed by atoms with Crippen LogP contribution in [0.5, 0.6) is 5.75 Å². The molecule has 0 unspecified atom stereocenters. The summed E-state index contributed by atoms with van der Waals surface area (Å²) in [5, 5.41) is 2.45. The first kappa shape index (κ1) is 12.8. The Bertz CT molecular complexity index is 759. The van der Waals surface area contributed by atoms with E-state index in [1.165, 1.54) is 0 Å². The zero-order valence-corrected chi connectivity index (χ0v) is 13.0. The van der Waals surface area contributed by atoms with Gasteiger partial charge in [0.25, 0.3) is 0 Å². The van der Waals surface area contributed by atoms with E-state index in [4.69, 9.17) is 16.3 Å². The monoisotopic (exact) mass is 354 g/mol. The predicted molar refractivity (Wildman–Crippen MR) is 82.1 cm³/mol. The van der Waals surface area contributed by atoms with Gasteiger partial charge in [0.05, 0.1) is 21.8 Å². The average molecular weight is 356 g/mol. The van der Waals surface area contributed by atoms with Gasteiger partial charge in [-0.05, 0) is 45.6 Å². The van der Waals surface area contributed by atoms with Crippen molar-refractivity contribution in [2.45, 2.75) is 0 Å². The molecule has 3 rings (SSSR count). The Morgan fingerprint density at radius 1 is 1.26 bits per heavy atom. The lowest BCUT2D eigenvalue weighted by Gasteiger charge is -2.06. The van der Waals surface area contributed by atoms with Crippen molar-refractivity contribution in [2.75, 3.05) is 7.11 Å². The fourth-order valence-electron chi connectivity index (χ4n) is 1.76. The number of ether oxygens (including phenoxy) is 1. The second-order valence-electron chi connectivity index (χ2n) is 3.82. The molecule has 0 spiro atoms. The normalized spacial score (nSPS) is 10.9. The highest BCUT2D eigenvalue weighted by atomic mass is 79.9. The Balaban J connectivity index is 2.15. The van der Waals surface area contributed by atoms with Gasteiger partial charge in [-0.1, -0.05) is 11.6 Å². The van der Waals surface area contributed by atoms with Crippen LogP contribution in [0.25, 0.3) is 21.6 Å². The Morgan fingerprint density at radius 2 is 2.11 bits per heavy atom. The molecule has 3 nitrogen and oxygen atoms in total. The molecule has 0 aliphatic rings. The van der Waals surface area contributed by atoms with Crippen LogP contribution < -0.4 is 4.74 Å². The van der Waals surface area contributed by atoms with E-state index in [1.54, 1.807) is 18.4 Å². The maximum absolute atomic E-state index is 6.17. The summed E-state index contributed by atoms with van der Waals surface area (Å²) in [6.07, 6.45) is 0. The minimum absolute atomic E-state index is 0.488. The Hall–Kier alpha value is -1.17. The number of rotatable bonds is 2. The second kappa shape index (κ2) is 5.07. The Labute approximate surface area is 127 Å². The van der Waals surface area contributed by atoms with E-state index < -0.39 is 0 Å². The molecule has 2 heterocycles. The first-order valence-electron chi connectivity index (χ1n) is 5.43. The van der Waals surface area contributed by atoms with Gasteiger partial charge in [-0.25, -0.2) is 9.97 Å². The van der Waals surface area contributed by atoms with Crippen LogP contribution in [-0.2, 0) is 0 Å². The number of thiophene rings is 1. The molecule has 0 saturated carbocycles. The highest BCUT2D eigenvalue weighted by Crippen LogP contribution is 2.32. The molecule has 0 fully saturated rings. The van der Waals surface area contributed by atoms with Crippen molar-refractivity contribution in [3.05, 3.63) is 39.3 Å². The van der Waals surface area contributed by atoms with E-state index in [2.05, 4.69) is 25.9 Å². The van der Waals surface area contributed by atoms with Gasteiger partial charge in [-0.2, -0.15) is 0 Å². The van der Waals surface area contributed by atoms with Gasteiger partial charge < -0.3 is 4.74 Å². The Morgan fingerprint density at radius 3 is 2.84 bits per heavy atom. The number of benzene rings is 1. The van der Waals surface area contributed by atoms with Gasteiger partial charge in [-0.3, -0.25) is 0 Å². The van der Waals surface area contributed by atoms with Crippen LogP contribution in [-0.4, -0.2) is 17.1 Å². The molecule has 0 bridgehead atoms. The minimum Gasteiger partial charge on any atom is -0.496 e. The van der Waals surface area contributed by atoms with Gasteiger partial charge in [-0.15, -0.1) is 11.3 Å². The molecule has 0 saturated heterocycles. The fourth-order valence-corrected chi connectivity index (χ4v) is 3.32. The summed E-state index contributed by atoms with van der Waals surface area (Å²) < 4.78 is 6.98. The highest BCUT2D eigenvalue weighted by molar-refractivity contribution is 9.10. The predicted octanol–water partition coefficient (Wildman–Crippen LogP) is 4.78. The molecule has 0 amide bonds. The standard InChI is InChI=1S/C13H8BrClN2OS/c1-18-10-3-2-7(6-8(10)14)13-16-9-4-5-19-11(9)12(15)17-13/h2-6H,1H3. The number of halogens is 2. The lowest BCUT2D eigenvalue weighted by atomic mass is 10.2. The summed E-state index contributed by atoms with van der Waals surface area (Å²) in [5.74, 6) is 1.38. The van der Waals surface area contributed by atoms with Gasteiger partial charge in [0.2, 0.25) is 0 Å². The number of aromatic nitrogens is 2. The molecule has 0 atom stereocenters. The number of hydrogen-bond acceptors (Lipinski definition) is 4. The third-order valence-corrected chi connectivity index (χ3v) is 4.59. The molecule has 0 N–H and O–H groups in total. The maximum Gasteiger partial charge on any atom is 0.161 e. The van der Waals surface area contributed by atoms with E-state index in [0.29, 0.717) is 11.0 Å². The first-order valence-corrected chi connectivity index (χ1v) is 7.49. The quantitative estimate of drug-likeness (QED) is 0.620. The van der Waals surface area contributed by atoms with E-state index in [9.17, 15) is 0 Å². The van der Waals surface area contributed by atoms with Crippen molar-refractivity contribution >= 4 is 49.1 Å². The topological polar surface area (TPSA) is 35.0 Å². The number of hydrogen-bond donors (Lipinski definition) is 0. The van der Waals surface area contributed by atoms with Crippen molar-refractivity contribution < 1.29 is 4.74 Å². The Kier molecular flexibility index (Phi) is 3.43. The van der Waals surface area contributed by atoms with Crippen molar-refractivity contribution in [1.82, 2.24) is 9.97 Å². The largest absolute Gasteiger partial charge is 0.496 e. The molecule has 0 aliphatic carbocycles. The van der Waals surface area contributed by atoms with Crippen LogP contribution in [0.15, 0.2) is 34.1 Å². The van der Waals surface area contributed by atoms with E-state index in [0.717, 1.165) is 26.0 Å². The first-order chi connectivity index (χ1) is 9.19. The summed E-state index contributed by atoms with van der Waals surface area (Å²) in [7, 11) is 1.63. The smallest absolute Gasteiger partial charge is 0.161 e. The third kappa shape index (κ3) is 2.33. The van der Waals surface area contributed by atoms with Crippen molar-refractivity contribution in [1.29, 1.82) is 0 Å². The number of nitrogens with zero attached hydrogens (tertiary/aromatic N) is 2. The summed E-state index contributed by atoms with van der Waals surface area (Å²) >= 11 is 11.2. The number of methoxy groups -OCH3 is 1. The molecule has 6 heteroatoms. The van der Waals surface area contributed by atoms with Gasteiger partial charge >= 0.3 is 0 Å². The minimum atomic E-state index is 0.488. The van der Waals surface area contributed by atoms with Crippen molar-refractivity contribution in [2.24, 2.45) is 0 Å². The van der Waals surface area contributed by atoms with Gasteiger partial charge in [0.1, 0.15) is 5.75 Å². The lowest BCUT2D eigenvalue weighted by molar-refractivity contribution is 0.412. The molecule has 0 aliphatic heterocycles. The summed E-state index contributed by atoms with van der Waals surface area (Å²) in [4.78, 5) is 8.86. The molecule has 1 aromatic carbocycles. The van der Waals surface area contributed by atoms with Crippen LogP contribution in [0.3, 0.4) is 0 Å². The van der Waals surface area contributed by atoms with E-state index >= 15 is 0 Å². The molecule has 2 aromatic heterocycles. The molecule has 96 valence electrons. The van der Waals surface area contributed by atoms with E-state index in [1.807, 2.05) is 29.6 Å². The molecule has 0 radical (unpaired) electrons. The van der Waals surface area contributed by atoms with Crippen LogP contribution in [0.1, 0.15) is 0 Å². The highest BCUT2D eigenvalue weighted by Gasteiger charge is 2.10. The van der Waals surface area contributed by atoms with Gasteiger partial charge in [0.15, 0.2) is 11.0 Å². The summed E-state index contributed by atoms with van der Waals surface area (Å²) in [5.41, 5.74) is 1.76. The number of fused-ring (bicyclic) bond motifs is 1. The van der Waals surface area contributed by atoms with Crippen LogP contribution in [0.4, 0.5) is 0 Å². The van der Waals surface area contributed by atoms with Crippen LogP contribution in [0, 0.1) is 0 Å². The third-order valence-electron chi connectivity index (χ3n) is 2.67. The SMILES string of the molecule is COc1ccc(-c2nc(Cl)c3sccc3n2)cc1Br. The van der Waals surface area contributed by atoms with Crippen molar-refractivity contribution in [3.8, 4) is 17.1 Å². The van der Waals surface area contributed by atoms with Crippen molar-refractivity contribution in [3.63, 3.8) is 0 Å². The average Bonchev–Trinajstić information content (AvgIpc) is 2.87. The lowest BCUT2D eigenvalue weighted by Crippen LogP contribution is -1.91. The van der Waals surface area contributed by atoms with Gasteiger partial charge in [0, 0.05) is 5.56 Å². The summed E-state index contributed by atoms with van der Waals surface area (Å²) in [6.45, 7) is 0. The van der Waals surface area contributed by atoms with Crippen LogP contribution in [0.2, 0.25) is 5.15 Å². The summed E-state index contributed by atoms with van der Waals surface area (Å²) in [6, 6.07) is 7.64. The molecule has 3 aromatic rings.